The number of benzene rings is 1. The first-order valence-corrected chi connectivity index (χ1v) is 8.71. The van der Waals surface area contributed by atoms with Crippen LogP contribution in [0.3, 0.4) is 0 Å². The molecular formula is C19H33IN4O3. The van der Waals surface area contributed by atoms with Crippen molar-refractivity contribution in [2.45, 2.75) is 26.9 Å². The lowest BCUT2D eigenvalue weighted by Crippen LogP contribution is -2.46. The SMILES string of the molecule is CN=C(NCCNC(=O)c1cccc(OC)c1)NCC(OC)C(C)(C)C.I. The molecule has 0 saturated carbocycles. The molecule has 0 aromatic heterocycles. The molecule has 27 heavy (non-hydrogen) atoms. The van der Waals surface area contributed by atoms with Crippen molar-refractivity contribution >= 4 is 35.8 Å². The number of carbonyl (C=O) groups is 1. The van der Waals surface area contributed by atoms with Crippen molar-refractivity contribution in [2.75, 3.05) is 40.9 Å². The Labute approximate surface area is 179 Å². The van der Waals surface area contributed by atoms with Gasteiger partial charge >= 0.3 is 0 Å². The predicted molar refractivity (Wildman–Crippen MR) is 120 cm³/mol. The van der Waals surface area contributed by atoms with E-state index in [1.807, 2.05) is 0 Å². The number of guanidine groups is 1. The highest BCUT2D eigenvalue weighted by Crippen LogP contribution is 2.20. The highest BCUT2D eigenvalue weighted by molar-refractivity contribution is 14.0. The van der Waals surface area contributed by atoms with Crippen LogP contribution in [0, 0.1) is 5.41 Å². The molecule has 0 spiro atoms. The third kappa shape index (κ3) is 9.28. The minimum absolute atomic E-state index is 0. The lowest BCUT2D eigenvalue weighted by atomic mass is 9.89. The monoisotopic (exact) mass is 492 g/mol. The van der Waals surface area contributed by atoms with Crippen LogP contribution in [-0.2, 0) is 4.74 Å². The van der Waals surface area contributed by atoms with E-state index in [2.05, 4.69) is 41.7 Å². The molecule has 0 aliphatic carbocycles. The van der Waals surface area contributed by atoms with E-state index in [1.165, 1.54) is 0 Å². The first-order valence-electron chi connectivity index (χ1n) is 8.71. The number of ether oxygens (including phenoxy) is 2. The van der Waals surface area contributed by atoms with E-state index in [4.69, 9.17) is 9.47 Å². The van der Waals surface area contributed by atoms with Gasteiger partial charge in [-0.25, -0.2) is 0 Å². The first-order chi connectivity index (χ1) is 12.3. The Hall–Kier alpha value is -1.55. The van der Waals surface area contributed by atoms with Crippen molar-refractivity contribution in [3.63, 3.8) is 0 Å². The number of hydrogen-bond donors (Lipinski definition) is 3. The van der Waals surface area contributed by atoms with Crippen LogP contribution in [0.5, 0.6) is 5.75 Å². The third-order valence-electron chi connectivity index (χ3n) is 3.96. The standard InChI is InChI=1S/C19H32N4O3.HI/c1-19(2,3)16(26-6)13-23-18(20-4)22-11-10-21-17(24)14-8-7-9-15(12-14)25-5;/h7-9,12,16H,10-11,13H2,1-6H3,(H,21,24)(H2,20,22,23);1H. The van der Waals surface area contributed by atoms with Crippen molar-refractivity contribution in [2.24, 2.45) is 10.4 Å². The number of aliphatic imine (C=N–C) groups is 1. The van der Waals surface area contributed by atoms with E-state index in [1.54, 1.807) is 45.5 Å². The summed E-state index contributed by atoms with van der Waals surface area (Å²) in [6.45, 7) is 8.08. The van der Waals surface area contributed by atoms with Gasteiger partial charge in [-0.2, -0.15) is 0 Å². The molecule has 1 aromatic rings. The van der Waals surface area contributed by atoms with Crippen LogP contribution in [0.15, 0.2) is 29.3 Å². The van der Waals surface area contributed by atoms with Gasteiger partial charge in [-0.1, -0.05) is 26.8 Å². The summed E-state index contributed by atoms with van der Waals surface area (Å²) >= 11 is 0. The minimum Gasteiger partial charge on any atom is -0.497 e. The number of methoxy groups -OCH3 is 2. The summed E-state index contributed by atoms with van der Waals surface area (Å²) in [6.07, 6.45) is 0.0637. The Bertz CT molecular complexity index is 603. The summed E-state index contributed by atoms with van der Waals surface area (Å²) in [6, 6.07) is 7.06. The topological polar surface area (TPSA) is 84.0 Å². The molecule has 154 valence electrons. The average Bonchev–Trinajstić information content (AvgIpc) is 2.62. The fourth-order valence-electron chi connectivity index (χ4n) is 2.38. The maximum Gasteiger partial charge on any atom is 0.251 e. The summed E-state index contributed by atoms with van der Waals surface area (Å²) in [5.74, 6) is 1.19. The molecule has 8 heteroatoms. The van der Waals surface area contributed by atoms with Gasteiger partial charge in [-0.05, 0) is 23.6 Å². The van der Waals surface area contributed by atoms with Gasteiger partial charge in [-0.3, -0.25) is 9.79 Å². The molecule has 0 saturated heterocycles. The Morgan fingerprint density at radius 2 is 1.81 bits per heavy atom. The Morgan fingerprint density at radius 1 is 1.15 bits per heavy atom. The summed E-state index contributed by atoms with van der Waals surface area (Å²) in [4.78, 5) is 16.3. The second kappa shape index (κ2) is 12.8. The summed E-state index contributed by atoms with van der Waals surface area (Å²) in [5, 5.41) is 9.29. The van der Waals surface area contributed by atoms with Crippen LogP contribution in [0.2, 0.25) is 0 Å². The molecule has 1 amide bonds. The highest BCUT2D eigenvalue weighted by atomic mass is 127. The van der Waals surface area contributed by atoms with Crippen LogP contribution in [0.25, 0.3) is 0 Å². The molecule has 0 aliphatic rings. The number of hydrogen-bond acceptors (Lipinski definition) is 4. The summed E-state index contributed by atoms with van der Waals surface area (Å²) in [5.41, 5.74) is 0.602. The molecule has 3 N–H and O–H groups in total. The number of nitrogens with zero attached hydrogens (tertiary/aromatic N) is 1. The molecular weight excluding hydrogens is 459 g/mol. The van der Waals surface area contributed by atoms with Crippen LogP contribution in [0.1, 0.15) is 31.1 Å². The van der Waals surface area contributed by atoms with Gasteiger partial charge in [0.1, 0.15) is 5.75 Å². The predicted octanol–water partition coefficient (Wildman–Crippen LogP) is 2.27. The van der Waals surface area contributed by atoms with Gasteiger partial charge in [0.15, 0.2) is 5.96 Å². The number of nitrogens with one attached hydrogen (secondary N) is 3. The zero-order chi connectivity index (χ0) is 19.6. The lowest BCUT2D eigenvalue weighted by molar-refractivity contribution is 0.0205. The van der Waals surface area contributed by atoms with Gasteiger partial charge in [0.2, 0.25) is 0 Å². The fraction of sp³-hybridized carbons (Fsp3) is 0.579. The minimum atomic E-state index is -0.138. The summed E-state index contributed by atoms with van der Waals surface area (Å²) < 4.78 is 10.7. The van der Waals surface area contributed by atoms with Crippen LogP contribution in [0.4, 0.5) is 0 Å². The van der Waals surface area contributed by atoms with Crippen LogP contribution < -0.4 is 20.7 Å². The van der Waals surface area contributed by atoms with E-state index < -0.39 is 0 Å². The number of amides is 1. The van der Waals surface area contributed by atoms with Crippen molar-refractivity contribution in [3.8, 4) is 5.75 Å². The van der Waals surface area contributed by atoms with E-state index >= 15 is 0 Å². The van der Waals surface area contributed by atoms with Gasteiger partial charge in [0.25, 0.3) is 5.91 Å². The van der Waals surface area contributed by atoms with E-state index in [-0.39, 0.29) is 41.4 Å². The van der Waals surface area contributed by atoms with Crippen LogP contribution in [-0.4, -0.2) is 58.9 Å². The van der Waals surface area contributed by atoms with Gasteiger partial charge in [-0.15, -0.1) is 24.0 Å². The van der Waals surface area contributed by atoms with Gasteiger partial charge < -0.3 is 25.4 Å². The second-order valence-electron chi connectivity index (χ2n) is 6.96. The average molecular weight is 492 g/mol. The molecule has 0 fully saturated rings. The first kappa shape index (κ1) is 25.4. The smallest absolute Gasteiger partial charge is 0.251 e. The number of carbonyl (C=O) groups excluding carboxylic acids is 1. The van der Waals surface area contributed by atoms with Crippen molar-refractivity contribution in [3.05, 3.63) is 29.8 Å². The Kier molecular flexibility index (Phi) is 12.0. The normalized spacial score (nSPS) is 12.6. The fourth-order valence-corrected chi connectivity index (χ4v) is 2.38. The summed E-state index contributed by atoms with van der Waals surface area (Å²) in [7, 11) is 5.00. The van der Waals surface area contributed by atoms with Crippen molar-refractivity contribution in [1.29, 1.82) is 0 Å². The molecule has 0 bridgehead atoms. The van der Waals surface area contributed by atoms with Crippen molar-refractivity contribution < 1.29 is 14.3 Å². The lowest BCUT2D eigenvalue weighted by Gasteiger charge is -2.30. The Balaban J connectivity index is 0.00000676. The molecule has 0 radical (unpaired) electrons. The molecule has 0 heterocycles. The van der Waals surface area contributed by atoms with E-state index in [0.29, 0.717) is 36.9 Å². The zero-order valence-corrected chi connectivity index (χ0v) is 19.4. The molecule has 1 unspecified atom stereocenters. The van der Waals surface area contributed by atoms with E-state index in [9.17, 15) is 4.79 Å². The molecule has 7 nitrogen and oxygen atoms in total. The van der Waals surface area contributed by atoms with Gasteiger partial charge in [0, 0.05) is 39.4 Å². The molecule has 0 aliphatic heterocycles. The maximum atomic E-state index is 12.1. The maximum absolute atomic E-state index is 12.1. The van der Waals surface area contributed by atoms with E-state index in [0.717, 1.165) is 0 Å². The zero-order valence-electron chi connectivity index (χ0n) is 17.1. The molecule has 1 atom stereocenters. The quantitative estimate of drug-likeness (QED) is 0.225. The molecule has 1 rings (SSSR count). The Morgan fingerprint density at radius 3 is 2.37 bits per heavy atom. The largest absolute Gasteiger partial charge is 0.497 e. The molecule has 1 aromatic carbocycles. The van der Waals surface area contributed by atoms with Crippen molar-refractivity contribution in [1.82, 2.24) is 16.0 Å². The number of rotatable bonds is 8. The van der Waals surface area contributed by atoms with Gasteiger partial charge in [0.05, 0.1) is 13.2 Å². The third-order valence-corrected chi connectivity index (χ3v) is 3.96. The number of halogens is 1. The second-order valence-corrected chi connectivity index (χ2v) is 6.96. The highest BCUT2D eigenvalue weighted by Gasteiger charge is 2.24. The van der Waals surface area contributed by atoms with Crippen LogP contribution >= 0.6 is 24.0 Å².